The minimum absolute atomic E-state index is 0.181. The van der Waals surface area contributed by atoms with Gasteiger partial charge in [-0.05, 0) is 18.2 Å². The molecule has 3 amide bonds. The molecule has 6 heteroatoms. The van der Waals surface area contributed by atoms with Crippen LogP contribution >= 0.6 is 0 Å². The van der Waals surface area contributed by atoms with Gasteiger partial charge < -0.3 is 16.0 Å². The van der Waals surface area contributed by atoms with E-state index in [1.54, 1.807) is 0 Å². The van der Waals surface area contributed by atoms with E-state index in [0.717, 1.165) is 18.2 Å². The number of amides is 3. The van der Waals surface area contributed by atoms with Crippen LogP contribution in [-0.4, -0.2) is 17.7 Å². The van der Waals surface area contributed by atoms with E-state index < -0.39 is 17.7 Å². The van der Waals surface area contributed by atoms with Crippen molar-refractivity contribution < 1.29 is 14.4 Å². The predicted molar refractivity (Wildman–Crippen MR) is 58.3 cm³/mol. The van der Waals surface area contributed by atoms with E-state index >= 15 is 0 Å². The zero-order chi connectivity index (χ0) is 12.6. The fraction of sp³-hybridized carbons (Fsp3) is 0. The van der Waals surface area contributed by atoms with Crippen molar-refractivity contribution in [1.29, 1.82) is 0 Å². The number of nitrogens with one attached hydrogen (secondary N) is 3. The highest BCUT2D eigenvalue weighted by atomic mass is 16.2. The molecule has 0 aromatic carbocycles. The van der Waals surface area contributed by atoms with E-state index in [2.05, 4.69) is 35.7 Å². The maximum absolute atomic E-state index is 11.0. The van der Waals surface area contributed by atoms with Gasteiger partial charge in [0.15, 0.2) is 0 Å². The summed E-state index contributed by atoms with van der Waals surface area (Å²) < 4.78 is 0. The molecule has 0 fully saturated rings. The molecule has 0 saturated carbocycles. The van der Waals surface area contributed by atoms with Crippen LogP contribution in [0.2, 0.25) is 0 Å². The molecule has 0 atom stereocenters. The second-order valence-electron chi connectivity index (χ2n) is 2.46. The quantitative estimate of drug-likeness (QED) is 0.521. The van der Waals surface area contributed by atoms with Gasteiger partial charge in [-0.1, -0.05) is 19.7 Å². The highest BCUT2D eigenvalue weighted by Gasteiger charge is 2.15. The minimum atomic E-state index is -0.580. The summed E-state index contributed by atoms with van der Waals surface area (Å²) in [5, 5.41) is 6.59. The first-order valence-corrected chi connectivity index (χ1v) is 4.20. The third-order valence-electron chi connectivity index (χ3n) is 1.30. The molecule has 16 heavy (non-hydrogen) atoms. The lowest BCUT2D eigenvalue weighted by Crippen LogP contribution is -2.50. The topological polar surface area (TPSA) is 87.3 Å². The number of hydrogen-bond acceptors (Lipinski definition) is 3. The van der Waals surface area contributed by atoms with Gasteiger partial charge in [0.05, 0.1) is 0 Å². The molecular weight excluding hydrogens is 210 g/mol. The molecule has 0 unspecified atom stereocenters. The van der Waals surface area contributed by atoms with Crippen LogP contribution in [0.3, 0.4) is 0 Å². The van der Waals surface area contributed by atoms with E-state index in [1.807, 2.05) is 0 Å². The van der Waals surface area contributed by atoms with Gasteiger partial charge in [0.1, 0.15) is 0 Å². The lowest BCUT2D eigenvalue weighted by atomic mass is 10.5. The molecule has 0 aromatic heterocycles. The molecule has 0 aromatic rings. The Bertz CT molecular complexity index is 284. The first-order valence-electron chi connectivity index (χ1n) is 4.20. The monoisotopic (exact) mass is 222 g/mol. The first-order chi connectivity index (χ1) is 7.53. The SMILES string of the molecule is C=CC(=O)N[C](NC(=O)C=C)NC(=O)C=C. The molecule has 0 aliphatic heterocycles. The number of carbonyl (C=O) groups is 3. The second-order valence-corrected chi connectivity index (χ2v) is 2.46. The Morgan fingerprint density at radius 1 is 0.688 bits per heavy atom. The summed E-state index contributed by atoms with van der Waals surface area (Å²) in [7, 11) is 0. The third kappa shape index (κ3) is 5.38. The Morgan fingerprint density at radius 3 is 1.12 bits per heavy atom. The van der Waals surface area contributed by atoms with Gasteiger partial charge >= 0.3 is 0 Å². The molecule has 0 saturated heterocycles. The molecule has 3 N–H and O–H groups in total. The standard InChI is InChI=1S/C10H12N3O3/c1-4-7(14)11-10(12-8(15)5-2)13-9(16)6-3/h4-6H,1-3H2,(H,11,14)(H,12,15)(H,13,16). The van der Waals surface area contributed by atoms with Gasteiger partial charge in [0.2, 0.25) is 17.7 Å². The zero-order valence-electron chi connectivity index (χ0n) is 8.58. The largest absolute Gasteiger partial charge is 0.307 e. The molecule has 1 radical (unpaired) electrons. The Hall–Kier alpha value is -2.37. The summed E-state index contributed by atoms with van der Waals surface area (Å²) in [6.45, 7) is 9.66. The fourth-order valence-electron chi connectivity index (χ4n) is 0.616. The Labute approximate surface area is 93.1 Å². The van der Waals surface area contributed by atoms with Crippen molar-refractivity contribution in [3.63, 3.8) is 0 Å². The van der Waals surface area contributed by atoms with E-state index in [-0.39, 0.29) is 6.29 Å². The normalized spacial score (nSPS) is 8.81. The van der Waals surface area contributed by atoms with Crippen molar-refractivity contribution in [2.75, 3.05) is 0 Å². The molecule has 0 heterocycles. The van der Waals surface area contributed by atoms with Gasteiger partial charge in [-0.25, -0.2) is 0 Å². The van der Waals surface area contributed by atoms with E-state index in [4.69, 9.17) is 0 Å². The van der Waals surface area contributed by atoms with Gasteiger partial charge in [0, 0.05) is 0 Å². The van der Waals surface area contributed by atoms with Crippen LogP contribution in [0.1, 0.15) is 0 Å². The average Bonchev–Trinajstić information content (AvgIpc) is 2.28. The summed E-state index contributed by atoms with van der Waals surface area (Å²) in [5.74, 6) is -1.74. The van der Waals surface area contributed by atoms with Crippen molar-refractivity contribution in [3.05, 3.63) is 44.3 Å². The Morgan fingerprint density at radius 2 is 0.938 bits per heavy atom. The van der Waals surface area contributed by atoms with Crippen molar-refractivity contribution >= 4 is 17.7 Å². The molecule has 0 aliphatic carbocycles. The molecule has 0 spiro atoms. The molecule has 0 aliphatic rings. The van der Waals surface area contributed by atoms with Crippen LogP contribution in [0.5, 0.6) is 0 Å². The molecule has 85 valence electrons. The summed E-state index contributed by atoms with van der Waals surface area (Å²) in [6, 6.07) is 0. The number of rotatable bonds is 6. The van der Waals surface area contributed by atoms with Crippen LogP contribution in [-0.2, 0) is 14.4 Å². The summed E-state index contributed by atoms with van der Waals surface area (Å²) >= 11 is 0. The Kier molecular flexibility index (Phi) is 5.96. The predicted octanol–water partition coefficient (Wildman–Crippen LogP) is -0.660. The lowest BCUT2D eigenvalue weighted by molar-refractivity contribution is -0.119. The number of carbonyl (C=O) groups excluding carboxylic acids is 3. The molecular formula is C10H12N3O3. The lowest BCUT2D eigenvalue weighted by Gasteiger charge is -2.16. The van der Waals surface area contributed by atoms with Crippen molar-refractivity contribution in [3.8, 4) is 0 Å². The maximum Gasteiger partial charge on any atom is 0.256 e. The molecule has 0 rings (SSSR count). The van der Waals surface area contributed by atoms with Crippen LogP contribution in [0, 0.1) is 6.29 Å². The Balaban J connectivity index is 4.48. The van der Waals surface area contributed by atoms with Crippen molar-refractivity contribution in [1.82, 2.24) is 16.0 Å². The second kappa shape index (κ2) is 6.99. The van der Waals surface area contributed by atoms with Crippen LogP contribution in [0.25, 0.3) is 0 Å². The average molecular weight is 222 g/mol. The van der Waals surface area contributed by atoms with E-state index in [1.165, 1.54) is 0 Å². The van der Waals surface area contributed by atoms with Gasteiger partial charge in [0.25, 0.3) is 6.29 Å². The van der Waals surface area contributed by atoms with Crippen LogP contribution in [0.15, 0.2) is 38.0 Å². The zero-order valence-corrected chi connectivity index (χ0v) is 8.58. The summed E-state index contributed by atoms with van der Waals surface area (Å²) in [5.41, 5.74) is 0. The third-order valence-corrected chi connectivity index (χ3v) is 1.30. The molecule has 0 bridgehead atoms. The highest BCUT2D eigenvalue weighted by Crippen LogP contribution is 1.86. The summed E-state index contributed by atoms with van der Waals surface area (Å²) in [4.78, 5) is 32.9. The maximum atomic E-state index is 11.0. The number of hydrogen-bond donors (Lipinski definition) is 3. The van der Waals surface area contributed by atoms with E-state index in [0.29, 0.717) is 0 Å². The van der Waals surface area contributed by atoms with Crippen molar-refractivity contribution in [2.24, 2.45) is 0 Å². The van der Waals surface area contributed by atoms with E-state index in [9.17, 15) is 14.4 Å². The fourth-order valence-corrected chi connectivity index (χ4v) is 0.616. The van der Waals surface area contributed by atoms with Crippen molar-refractivity contribution in [2.45, 2.75) is 0 Å². The smallest absolute Gasteiger partial charge is 0.256 e. The van der Waals surface area contributed by atoms with Gasteiger partial charge in [-0.2, -0.15) is 0 Å². The highest BCUT2D eigenvalue weighted by molar-refractivity contribution is 5.93. The van der Waals surface area contributed by atoms with Gasteiger partial charge in [-0.3, -0.25) is 14.4 Å². The van der Waals surface area contributed by atoms with Gasteiger partial charge in [-0.15, -0.1) is 0 Å². The summed E-state index contributed by atoms with van der Waals surface area (Å²) in [6.07, 6.45) is 2.78. The minimum Gasteiger partial charge on any atom is -0.307 e. The van der Waals surface area contributed by atoms with Crippen LogP contribution < -0.4 is 16.0 Å². The van der Waals surface area contributed by atoms with Crippen LogP contribution in [0.4, 0.5) is 0 Å². The first kappa shape index (κ1) is 13.6. The molecule has 6 nitrogen and oxygen atoms in total.